The van der Waals surface area contributed by atoms with Gasteiger partial charge in [0.25, 0.3) is 0 Å². The summed E-state index contributed by atoms with van der Waals surface area (Å²) in [4.78, 5) is -1.82. The highest BCUT2D eigenvalue weighted by molar-refractivity contribution is 4.86. The van der Waals surface area contributed by atoms with Crippen LogP contribution >= 0.6 is 0 Å². The lowest BCUT2D eigenvalue weighted by atomic mass is 10.7. The second-order valence-corrected chi connectivity index (χ2v) is 1.87. The van der Waals surface area contributed by atoms with Crippen LogP contribution in [0.25, 0.3) is 0 Å². The van der Waals surface area contributed by atoms with E-state index in [2.05, 4.69) is 11.3 Å². The molecular formula is C5H5F6NO. The minimum Gasteiger partial charge on any atom is -0.482 e. The highest BCUT2D eigenvalue weighted by Gasteiger charge is 2.55. The fourth-order valence-electron chi connectivity index (χ4n) is 0.518. The first-order chi connectivity index (χ1) is 5.60. The predicted octanol–water partition coefficient (Wildman–Crippen LogP) is 2.45. The highest BCUT2D eigenvalue weighted by atomic mass is 19.4. The lowest BCUT2D eigenvalue weighted by Crippen LogP contribution is -2.47. The molecule has 0 rings (SSSR count). The molecule has 0 saturated carbocycles. The zero-order valence-corrected chi connectivity index (χ0v) is 6.33. The summed E-state index contributed by atoms with van der Waals surface area (Å²) in [5.41, 5.74) is 0. The van der Waals surface area contributed by atoms with E-state index in [1.54, 1.807) is 0 Å². The molecule has 78 valence electrons. The molecule has 0 saturated heterocycles. The summed E-state index contributed by atoms with van der Waals surface area (Å²) in [6.07, 6.45) is -11.2. The Kier molecular flexibility index (Phi) is 3.07. The third-order valence-corrected chi connectivity index (χ3v) is 0.992. The fourth-order valence-corrected chi connectivity index (χ4v) is 0.518. The van der Waals surface area contributed by atoms with Crippen molar-refractivity contribution < 1.29 is 31.1 Å². The van der Waals surface area contributed by atoms with Gasteiger partial charge in [0.15, 0.2) is 5.88 Å². The van der Waals surface area contributed by atoms with Gasteiger partial charge in [-0.2, -0.15) is 4.90 Å². The zero-order valence-electron chi connectivity index (χ0n) is 6.33. The second kappa shape index (κ2) is 3.35. The Bertz CT molecular complexity index is 180. The van der Waals surface area contributed by atoms with Gasteiger partial charge in [-0.3, -0.25) is 0 Å². The van der Waals surface area contributed by atoms with Crippen molar-refractivity contribution in [2.24, 2.45) is 0 Å². The van der Waals surface area contributed by atoms with Crippen LogP contribution < -0.4 is 0 Å². The fraction of sp³-hybridized carbons (Fsp3) is 0.600. The Morgan fingerprint density at radius 3 is 1.46 bits per heavy atom. The highest BCUT2D eigenvalue weighted by Crippen LogP contribution is 2.36. The summed E-state index contributed by atoms with van der Waals surface area (Å²) < 4.78 is 74.1. The first-order valence-corrected chi connectivity index (χ1v) is 2.77. The lowest BCUT2D eigenvalue weighted by molar-refractivity contribution is -0.368. The van der Waals surface area contributed by atoms with Crippen molar-refractivity contribution >= 4 is 0 Å². The van der Waals surface area contributed by atoms with Gasteiger partial charge < -0.3 is 4.74 Å². The predicted molar refractivity (Wildman–Crippen MR) is 30.1 cm³/mol. The number of hydrogen-bond acceptors (Lipinski definition) is 2. The van der Waals surface area contributed by atoms with Gasteiger partial charge in [-0.25, -0.2) is 0 Å². The number of nitrogens with zero attached hydrogens (tertiary/aromatic N) is 1. The van der Waals surface area contributed by atoms with Gasteiger partial charge in [0.2, 0.25) is 0 Å². The average Bonchev–Trinajstić information content (AvgIpc) is 1.80. The quantitative estimate of drug-likeness (QED) is 0.393. The van der Waals surface area contributed by atoms with E-state index in [0.717, 1.165) is 0 Å². The van der Waals surface area contributed by atoms with Crippen LogP contribution in [0.4, 0.5) is 26.3 Å². The van der Waals surface area contributed by atoms with Crippen LogP contribution in [0.1, 0.15) is 0 Å². The average molecular weight is 209 g/mol. The van der Waals surface area contributed by atoms with Gasteiger partial charge in [0.05, 0.1) is 7.11 Å². The number of methoxy groups -OCH3 is 1. The van der Waals surface area contributed by atoms with Crippen molar-refractivity contribution in [2.45, 2.75) is 12.6 Å². The number of hydrogen-bond donors (Lipinski definition) is 0. The monoisotopic (exact) mass is 209 g/mol. The molecule has 0 atom stereocenters. The van der Waals surface area contributed by atoms with Crippen LogP contribution in [-0.2, 0) is 4.74 Å². The van der Waals surface area contributed by atoms with Crippen LogP contribution in [0, 0.1) is 0 Å². The Labute approximate surface area is 69.4 Å². The van der Waals surface area contributed by atoms with Crippen molar-refractivity contribution in [3.63, 3.8) is 0 Å². The molecule has 0 fully saturated rings. The SMILES string of the molecule is C=C(OC)N(C(F)(F)F)C(F)(F)F. The van der Waals surface area contributed by atoms with Crippen LogP contribution in [0.15, 0.2) is 12.5 Å². The van der Waals surface area contributed by atoms with Gasteiger partial charge in [-0.1, -0.05) is 0 Å². The van der Waals surface area contributed by atoms with E-state index in [-0.39, 0.29) is 0 Å². The molecule has 0 heterocycles. The molecule has 0 aromatic heterocycles. The molecule has 0 N–H and O–H groups in total. The van der Waals surface area contributed by atoms with Crippen LogP contribution in [0.2, 0.25) is 0 Å². The number of ether oxygens (including phenoxy) is 1. The van der Waals surface area contributed by atoms with Crippen molar-refractivity contribution in [3.8, 4) is 0 Å². The van der Waals surface area contributed by atoms with Crippen molar-refractivity contribution in [1.82, 2.24) is 4.90 Å². The van der Waals surface area contributed by atoms with Gasteiger partial charge >= 0.3 is 12.6 Å². The molecule has 0 aromatic carbocycles. The first kappa shape index (κ1) is 11.9. The number of halogens is 6. The summed E-state index contributed by atoms with van der Waals surface area (Å²) in [6.45, 7) is 2.47. The minimum absolute atomic E-state index is 0.660. The van der Waals surface area contributed by atoms with Crippen molar-refractivity contribution in [1.29, 1.82) is 0 Å². The standard InChI is InChI=1S/C5H5F6NO/c1-3(13-2)12(4(6,7)8)5(9,10)11/h1H2,2H3. The molecule has 0 aromatic rings. The Morgan fingerprint density at radius 1 is 1.08 bits per heavy atom. The molecular weight excluding hydrogens is 204 g/mol. The molecule has 0 radical (unpaired) electrons. The Morgan fingerprint density at radius 2 is 1.38 bits per heavy atom. The van der Waals surface area contributed by atoms with E-state index in [1.807, 2.05) is 0 Å². The third kappa shape index (κ3) is 3.03. The maximum absolute atomic E-state index is 11.7. The maximum Gasteiger partial charge on any atom is 0.494 e. The lowest BCUT2D eigenvalue weighted by Gasteiger charge is -2.28. The van der Waals surface area contributed by atoms with Gasteiger partial charge in [0.1, 0.15) is 0 Å². The summed E-state index contributed by atoms with van der Waals surface area (Å²) in [6, 6.07) is 0. The zero-order chi connectivity index (χ0) is 10.9. The third-order valence-electron chi connectivity index (χ3n) is 0.992. The maximum atomic E-state index is 11.7. The molecule has 0 spiro atoms. The van der Waals surface area contributed by atoms with E-state index >= 15 is 0 Å². The summed E-state index contributed by atoms with van der Waals surface area (Å²) in [5.74, 6) is -1.53. The van der Waals surface area contributed by atoms with Crippen LogP contribution in [0.3, 0.4) is 0 Å². The molecule has 0 unspecified atom stereocenters. The molecule has 0 amide bonds. The molecule has 13 heavy (non-hydrogen) atoms. The molecule has 0 bridgehead atoms. The van der Waals surface area contributed by atoms with Gasteiger partial charge in [0, 0.05) is 0 Å². The van der Waals surface area contributed by atoms with Gasteiger partial charge in [-0.05, 0) is 6.58 Å². The van der Waals surface area contributed by atoms with E-state index in [0.29, 0.717) is 7.11 Å². The van der Waals surface area contributed by atoms with Crippen LogP contribution in [0.5, 0.6) is 0 Å². The molecule has 0 aliphatic rings. The Balaban J connectivity index is 4.89. The normalized spacial score (nSPS) is 12.5. The molecule has 2 nitrogen and oxygen atoms in total. The van der Waals surface area contributed by atoms with E-state index < -0.39 is 23.4 Å². The molecule has 0 aliphatic carbocycles. The van der Waals surface area contributed by atoms with Crippen molar-refractivity contribution in [3.05, 3.63) is 12.5 Å². The van der Waals surface area contributed by atoms with Gasteiger partial charge in [-0.15, -0.1) is 26.3 Å². The largest absolute Gasteiger partial charge is 0.494 e. The smallest absolute Gasteiger partial charge is 0.482 e. The number of alkyl halides is 6. The summed E-state index contributed by atoms with van der Waals surface area (Å²) in [5, 5.41) is 0. The number of rotatable bonds is 2. The topological polar surface area (TPSA) is 12.5 Å². The first-order valence-electron chi connectivity index (χ1n) is 2.77. The second-order valence-electron chi connectivity index (χ2n) is 1.87. The van der Waals surface area contributed by atoms with Crippen molar-refractivity contribution in [2.75, 3.05) is 7.11 Å². The van der Waals surface area contributed by atoms with E-state index in [4.69, 9.17) is 0 Å². The summed E-state index contributed by atoms with van der Waals surface area (Å²) >= 11 is 0. The molecule has 8 heteroatoms. The minimum atomic E-state index is -5.59. The Hall–Kier alpha value is -1.08. The molecule has 0 aliphatic heterocycles. The van der Waals surface area contributed by atoms with E-state index in [9.17, 15) is 26.3 Å². The van der Waals surface area contributed by atoms with E-state index in [1.165, 1.54) is 0 Å². The van der Waals surface area contributed by atoms with Crippen LogP contribution in [-0.4, -0.2) is 24.6 Å². The summed E-state index contributed by atoms with van der Waals surface area (Å²) in [7, 11) is 0.660.